The lowest BCUT2D eigenvalue weighted by Crippen LogP contribution is -2.05. The van der Waals surface area contributed by atoms with Crippen LogP contribution in [-0.4, -0.2) is 16.8 Å². The van der Waals surface area contributed by atoms with Crippen LogP contribution in [0, 0.1) is 0 Å². The van der Waals surface area contributed by atoms with Crippen molar-refractivity contribution in [2.24, 2.45) is 0 Å². The molecule has 0 saturated carbocycles. The van der Waals surface area contributed by atoms with Gasteiger partial charge >= 0.3 is 0 Å². The smallest absolute Gasteiger partial charge is 0.221 e. The van der Waals surface area contributed by atoms with E-state index in [4.69, 9.17) is 11.6 Å². The third-order valence-electron chi connectivity index (χ3n) is 4.11. The molecule has 3 rings (SSSR count). The highest BCUT2D eigenvalue weighted by Gasteiger charge is 2.35. The molecule has 1 amide bonds. The van der Waals surface area contributed by atoms with Crippen LogP contribution in [0.25, 0.3) is 6.08 Å². The van der Waals surface area contributed by atoms with E-state index in [1.807, 2.05) is 19.1 Å². The number of hydrogen-bond donors (Lipinski definition) is 2. The van der Waals surface area contributed by atoms with E-state index >= 15 is 0 Å². The van der Waals surface area contributed by atoms with E-state index in [0.29, 0.717) is 21.8 Å². The average Bonchev–Trinajstić information content (AvgIpc) is 2.78. The maximum Gasteiger partial charge on any atom is 0.221 e. The molecule has 5 heteroatoms. The van der Waals surface area contributed by atoms with Gasteiger partial charge in [0.05, 0.1) is 5.56 Å². The third kappa shape index (κ3) is 2.81. The van der Waals surface area contributed by atoms with Crippen molar-refractivity contribution < 1.29 is 14.7 Å². The Morgan fingerprint density at radius 3 is 2.46 bits per heavy atom. The Hall–Kier alpha value is -2.59. The maximum absolute atomic E-state index is 12.7. The lowest BCUT2D eigenvalue weighted by molar-refractivity contribution is -0.114. The zero-order valence-corrected chi connectivity index (χ0v) is 14.0. The van der Waals surface area contributed by atoms with Gasteiger partial charge in [-0.05, 0) is 41.5 Å². The number of allylic oxidation sites excluding steroid dienone is 1. The molecule has 0 bridgehead atoms. The number of carbonyl (C=O) groups excluding carboxylic acids is 2. The molecule has 122 valence electrons. The summed E-state index contributed by atoms with van der Waals surface area (Å²) in [6.07, 6.45) is 1.79. The summed E-state index contributed by atoms with van der Waals surface area (Å²) in [5.41, 5.74) is 3.07. The first-order chi connectivity index (χ1) is 11.4. The standard InChI is InChI=1S/C19H16ClNO3/c1-10-14(9-12-3-5-13(6-4-12)21-11(2)22)19(24)18-16(23)8-7-15(20)17(10)18/h3-10,23H,1-2H3,(H,21,22)/b14-9-. The number of rotatable bonds is 2. The summed E-state index contributed by atoms with van der Waals surface area (Å²) < 4.78 is 0. The molecular formula is C19H16ClNO3. The van der Waals surface area contributed by atoms with Gasteiger partial charge < -0.3 is 10.4 Å². The third-order valence-corrected chi connectivity index (χ3v) is 4.44. The van der Waals surface area contributed by atoms with Crippen molar-refractivity contribution in [2.45, 2.75) is 19.8 Å². The number of fused-ring (bicyclic) bond motifs is 1. The van der Waals surface area contributed by atoms with Crippen LogP contribution in [-0.2, 0) is 4.79 Å². The molecule has 0 saturated heterocycles. The highest BCUT2D eigenvalue weighted by Crippen LogP contribution is 2.45. The van der Waals surface area contributed by atoms with Gasteiger partial charge in [-0.1, -0.05) is 30.7 Å². The number of nitrogens with one attached hydrogen (secondary N) is 1. The minimum absolute atomic E-state index is 0.0457. The molecule has 24 heavy (non-hydrogen) atoms. The van der Waals surface area contributed by atoms with Crippen LogP contribution in [0.5, 0.6) is 5.75 Å². The Morgan fingerprint density at radius 1 is 1.21 bits per heavy atom. The van der Waals surface area contributed by atoms with Crippen molar-refractivity contribution in [1.82, 2.24) is 0 Å². The fourth-order valence-electron chi connectivity index (χ4n) is 2.98. The first kappa shape index (κ1) is 16.3. The predicted molar refractivity (Wildman–Crippen MR) is 94.6 cm³/mol. The van der Waals surface area contributed by atoms with Crippen molar-refractivity contribution in [3.05, 3.63) is 63.7 Å². The first-order valence-corrected chi connectivity index (χ1v) is 7.91. The summed E-state index contributed by atoms with van der Waals surface area (Å²) in [5, 5.41) is 13.2. The van der Waals surface area contributed by atoms with Gasteiger partial charge in [-0.2, -0.15) is 0 Å². The van der Waals surface area contributed by atoms with E-state index in [9.17, 15) is 14.7 Å². The molecule has 4 nitrogen and oxygen atoms in total. The van der Waals surface area contributed by atoms with Gasteiger partial charge in [0.1, 0.15) is 5.75 Å². The van der Waals surface area contributed by atoms with Crippen LogP contribution in [0.2, 0.25) is 5.02 Å². The Morgan fingerprint density at radius 2 is 1.88 bits per heavy atom. The van der Waals surface area contributed by atoms with Crippen molar-refractivity contribution in [2.75, 3.05) is 5.32 Å². The number of Topliss-reactive ketones (excluding diaryl/α,β-unsaturated/α-hetero) is 1. The first-order valence-electron chi connectivity index (χ1n) is 7.53. The summed E-state index contributed by atoms with van der Waals surface area (Å²) in [6.45, 7) is 3.34. The number of phenolic OH excluding ortho intramolecular Hbond substituents is 1. The number of hydrogen-bond acceptors (Lipinski definition) is 3. The Balaban J connectivity index is 1.97. The number of aromatic hydroxyl groups is 1. The fourth-order valence-corrected chi connectivity index (χ4v) is 3.30. The van der Waals surface area contributed by atoms with Crippen LogP contribution in [0.3, 0.4) is 0 Å². The molecule has 1 atom stereocenters. The summed E-state index contributed by atoms with van der Waals surface area (Å²) in [6, 6.07) is 10.2. The number of amides is 1. The zero-order valence-electron chi connectivity index (χ0n) is 13.3. The average molecular weight is 342 g/mol. The van der Waals surface area contributed by atoms with Gasteiger partial charge in [0.15, 0.2) is 5.78 Å². The highest BCUT2D eigenvalue weighted by molar-refractivity contribution is 6.33. The molecule has 0 aromatic heterocycles. The molecule has 1 aliphatic rings. The number of benzene rings is 2. The molecule has 0 radical (unpaired) electrons. The summed E-state index contributed by atoms with van der Waals surface area (Å²) in [5.74, 6) is -0.581. The Labute approximate surface area is 144 Å². The lowest BCUT2D eigenvalue weighted by atomic mass is 9.98. The van der Waals surface area contributed by atoms with Crippen molar-refractivity contribution in [1.29, 1.82) is 0 Å². The van der Waals surface area contributed by atoms with Crippen LogP contribution in [0.4, 0.5) is 5.69 Å². The van der Waals surface area contributed by atoms with E-state index in [1.165, 1.54) is 13.0 Å². The van der Waals surface area contributed by atoms with Gasteiger partial charge in [-0.3, -0.25) is 9.59 Å². The predicted octanol–water partition coefficient (Wildman–Crippen LogP) is 4.39. The van der Waals surface area contributed by atoms with Crippen LogP contribution in [0.15, 0.2) is 42.0 Å². The van der Waals surface area contributed by atoms with E-state index in [2.05, 4.69) is 5.32 Å². The number of anilines is 1. The molecule has 2 N–H and O–H groups in total. The molecule has 0 aliphatic heterocycles. The molecule has 0 spiro atoms. The van der Waals surface area contributed by atoms with Crippen molar-refractivity contribution >= 4 is 35.1 Å². The van der Waals surface area contributed by atoms with Gasteiger partial charge in [0, 0.05) is 29.1 Å². The Kier molecular flexibility index (Phi) is 4.16. The SMILES string of the molecule is CC(=O)Nc1ccc(/C=C2\C(=O)c3c(O)ccc(Cl)c3C2C)cc1. The number of phenols is 1. The Bertz CT molecular complexity index is 869. The van der Waals surface area contributed by atoms with Crippen LogP contribution in [0.1, 0.15) is 41.3 Å². The molecule has 1 aliphatic carbocycles. The number of ketones is 1. The molecule has 1 unspecified atom stereocenters. The minimum Gasteiger partial charge on any atom is -0.507 e. The van der Waals surface area contributed by atoms with Crippen LogP contribution < -0.4 is 5.32 Å². The molecule has 0 heterocycles. The second-order valence-electron chi connectivity index (χ2n) is 5.81. The quantitative estimate of drug-likeness (QED) is 0.796. The van der Waals surface area contributed by atoms with Gasteiger partial charge in [0.25, 0.3) is 0 Å². The normalized spacial score (nSPS) is 17.9. The second-order valence-corrected chi connectivity index (χ2v) is 6.22. The molecular weight excluding hydrogens is 326 g/mol. The summed E-state index contributed by atoms with van der Waals surface area (Å²) in [7, 11) is 0. The highest BCUT2D eigenvalue weighted by atomic mass is 35.5. The van der Waals surface area contributed by atoms with Gasteiger partial charge in [0.2, 0.25) is 5.91 Å². The maximum atomic E-state index is 12.7. The van der Waals surface area contributed by atoms with Crippen molar-refractivity contribution in [3.8, 4) is 5.75 Å². The van der Waals surface area contributed by atoms with Crippen molar-refractivity contribution in [3.63, 3.8) is 0 Å². The summed E-state index contributed by atoms with van der Waals surface area (Å²) >= 11 is 6.21. The zero-order chi connectivity index (χ0) is 17.4. The van der Waals surface area contributed by atoms with Crippen LogP contribution >= 0.6 is 11.6 Å². The van der Waals surface area contributed by atoms with E-state index < -0.39 is 0 Å². The fraction of sp³-hybridized carbons (Fsp3) is 0.158. The summed E-state index contributed by atoms with van der Waals surface area (Å²) in [4.78, 5) is 23.7. The lowest BCUT2D eigenvalue weighted by Gasteiger charge is -2.08. The molecule has 0 fully saturated rings. The largest absolute Gasteiger partial charge is 0.507 e. The number of carbonyl (C=O) groups is 2. The van der Waals surface area contributed by atoms with E-state index in [-0.39, 0.29) is 28.9 Å². The minimum atomic E-state index is -0.205. The second kappa shape index (κ2) is 6.13. The van der Waals surface area contributed by atoms with Gasteiger partial charge in [-0.15, -0.1) is 0 Å². The van der Waals surface area contributed by atoms with Gasteiger partial charge in [-0.25, -0.2) is 0 Å². The van der Waals surface area contributed by atoms with E-state index in [0.717, 1.165) is 5.56 Å². The monoisotopic (exact) mass is 341 g/mol. The topological polar surface area (TPSA) is 66.4 Å². The van der Waals surface area contributed by atoms with E-state index in [1.54, 1.807) is 24.3 Å². The molecule has 2 aromatic carbocycles. The number of halogens is 1. The molecule has 2 aromatic rings.